The lowest BCUT2D eigenvalue weighted by atomic mass is 10.2. The van der Waals surface area contributed by atoms with E-state index in [-0.39, 0.29) is 11.3 Å². The third-order valence-corrected chi connectivity index (χ3v) is 2.27. The van der Waals surface area contributed by atoms with Gasteiger partial charge in [0.05, 0.1) is 11.3 Å². The molecule has 0 aliphatic rings. The van der Waals surface area contributed by atoms with Crippen LogP contribution in [0, 0.1) is 11.6 Å². The van der Waals surface area contributed by atoms with E-state index in [4.69, 9.17) is 5.11 Å². The summed E-state index contributed by atoms with van der Waals surface area (Å²) in [5.74, 6) is -3.00. The highest BCUT2D eigenvalue weighted by Gasteiger charge is 2.11. The van der Waals surface area contributed by atoms with Crippen LogP contribution in [-0.4, -0.2) is 16.0 Å². The second-order valence-electron chi connectivity index (χ2n) is 3.70. The Morgan fingerprint density at radius 3 is 2.58 bits per heavy atom. The lowest BCUT2D eigenvalue weighted by Gasteiger charge is -2.06. The van der Waals surface area contributed by atoms with Gasteiger partial charge in [-0.2, -0.15) is 0 Å². The first-order valence-electron chi connectivity index (χ1n) is 5.15. The Hall–Kier alpha value is -2.70. The van der Waals surface area contributed by atoms with E-state index >= 15 is 0 Å². The van der Waals surface area contributed by atoms with Crippen LogP contribution in [0.4, 0.5) is 14.5 Å². The van der Waals surface area contributed by atoms with E-state index in [9.17, 15) is 18.4 Å². The van der Waals surface area contributed by atoms with Crippen LogP contribution in [0.15, 0.2) is 35.1 Å². The van der Waals surface area contributed by atoms with Gasteiger partial charge in [0.2, 0.25) is 0 Å². The smallest absolute Gasteiger partial charge is 0.256 e. The van der Waals surface area contributed by atoms with Crippen LogP contribution < -0.4 is 10.9 Å². The third-order valence-electron chi connectivity index (χ3n) is 2.27. The average molecular weight is 266 g/mol. The first kappa shape index (κ1) is 12.7. The number of hydrogen-bond acceptors (Lipinski definition) is 3. The summed E-state index contributed by atoms with van der Waals surface area (Å²) in [6.45, 7) is 0. The maximum atomic E-state index is 13.3. The summed E-state index contributed by atoms with van der Waals surface area (Å²) in [5.41, 5.74) is -1.05. The van der Waals surface area contributed by atoms with E-state index < -0.39 is 29.0 Å². The van der Waals surface area contributed by atoms with Gasteiger partial charge in [-0.25, -0.2) is 8.78 Å². The van der Waals surface area contributed by atoms with Crippen LogP contribution in [0.25, 0.3) is 0 Å². The number of rotatable bonds is 2. The predicted octanol–water partition coefficient (Wildman–Crippen LogP) is 1.61. The molecule has 98 valence electrons. The molecule has 0 bridgehead atoms. The van der Waals surface area contributed by atoms with Gasteiger partial charge in [-0.05, 0) is 12.1 Å². The standard InChI is InChI=1S/C12H8F2N2O3/c13-7-1-2-9(8(14)5-7)15-12(19)6-3-10(17)16-11(18)4-6/h1-5H,(H,15,19)(H2,16,17,18). The fraction of sp³-hybridized carbons (Fsp3) is 0. The largest absolute Gasteiger partial charge is 0.494 e. The highest BCUT2D eigenvalue weighted by Crippen LogP contribution is 2.16. The highest BCUT2D eigenvalue weighted by atomic mass is 19.1. The number of benzene rings is 1. The molecule has 1 amide bonds. The van der Waals surface area contributed by atoms with Gasteiger partial charge in [0.1, 0.15) is 11.6 Å². The number of aromatic hydroxyl groups is 1. The number of pyridine rings is 1. The molecule has 0 saturated carbocycles. The lowest BCUT2D eigenvalue weighted by molar-refractivity contribution is 0.102. The minimum atomic E-state index is -0.942. The van der Waals surface area contributed by atoms with Gasteiger partial charge in [0, 0.05) is 18.2 Å². The fourth-order valence-corrected chi connectivity index (χ4v) is 1.45. The Morgan fingerprint density at radius 1 is 1.21 bits per heavy atom. The molecule has 2 rings (SSSR count). The van der Waals surface area contributed by atoms with Gasteiger partial charge in [-0.1, -0.05) is 0 Å². The zero-order chi connectivity index (χ0) is 14.0. The van der Waals surface area contributed by atoms with E-state index in [0.29, 0.717) is 6.07 Å². The van der Waals surface area contributed by atoms with Gasteiger partial charge in [-0.3, -0.25) is 14.6 Å². The minimum Gasteiger partial charge on any atom is -0.494 e. The molecule has 2 aromatic rings. The summed E-state index contributed by atoms with van der Waals surface area (Å²) in [4.78, 5) is 24.8. The summed E-state index contributed by atoms with van der Waals surface area (Å²) in [6, 6.07) is 4.60. The quantitative estimate of drug-likeness (QED) is 0.772. The van der Waals surface area contributed by atoms with Crippen molar-refractivity contribution in [2.45, 2.75) is 0 Å². The lowest BCUT2D eigenvalue weighted by Crippen LogP contribution is -2.16. The molecule has 0 spiro atoms. The predicted molar refractivity (Wildman–Crippen MR) is 63.0 cm³/mol. The van der Waals surface area contributed by atoms with Crippen molar-refractivity contribution in [2.75, 3.05) is 5.32 Å². The van der Waals surface area contributed by atoms with Crippen molar-refractivity contribution in [3.8, 4) is 5.88 Å². The van der Waals surface area contributed by atoms with Crippen LogP contribution in [0.5, 0.6) is 5.88 Å². The average Bonchev–Trinajstić information content (AvgIpc) is 2.31. The number of nitrogens with one attached hydrogen (secondary N) is 2. The van der Waals surface area contributed by atoms with Crippen molar-refractivity contribution >= 4 is 11.6 Å². The van der Waals surface area contributed by atoms with Crippen molar-refractivity contribution in [1.82, 2.24) is 4.98 Å². The Balaban J connectivity index is 2.28. The molecule has 0 atom stereocenters. The maximum absolute atomic E-state index is 13.3. The third kappa shape index (κ3) is 2.95. The van der Waals surface area contributed by atoms with Crippen molar-refractivity contribution in [3.05, 3.63) is 57.9 Å². The molecule has 0 aliphatic carbocycles. The van der Waals surface area contributed by atoms with Gasteiger partial charge in [-0.15, -0.1) is 0 Å². The van der Waals surface area contributed by atoms with Gasteiger partial charge in [0.25, 0.3) is 11.5 Å². The van der Waals surface area contributed by atoms with Crippen LogP contribution in [0.3, 0.4) is 0 Å². The minimum absolute atomic E-state index is 0.148. The normalized spacial score (nSPS) is 10.2. The first-order chi connectivity index (χ1) is 8.95. The van der Waals surface area contributed by atoms with Crippen LogP contribution in [0.2, 0.25) is 0 Å². The monoisotopic (exact) mass is 266 g/mol. The number of amides is 1. The zero-order valence-corrected chi connectivity index (χ0v) is 9.41. The number of halogens is 2. The number of carbonyl (C=O) groups is 1. The van der Waals surface area contributed by atoms with E-state index in [1.165, 1.54) is 0 Å². The van der Waals surface area contributed by atoms with E-state index in [1.807, 2.05) is 4.98 Å². The molecule has 0 unspecified atom stereocenters. The maximum Gasteiger partial charge on any atom is 0.256 e. The first-order valence-corrected chi connectivity index (χ1v) is 5.15. The topological polar surface area (TPSA) is 82.2 Å². The Labute approximate surface area is 105 Å². The van der Waals surface area contributed by atoms with E-state index in [0.717, 1.165) is 24.3 Å². The number of carbonyl (C=O) groups excluding carboxylic acids is 1. The second kappa shape index (κ2) is 4.89. The van der Waals surface area contributed by atoms with Gasteiger partial charge in [0.15, 0.2) is 5.88 Å². The molecule has 1 heterocycles. The van der Waals surface area contributed by atoms with Crippen LogP contribution in [0.1, 0.15) is 10.4 Å². The van der Waals surface area contributed by atoms with Crippen molar-refractivity contribution in [3.63, 3.8) is 0 Å². The van der Waals surface area contributed by atoms with Crippen LogP contribution in [-0.2, 0) is 0 Å². The summed E-state index contributed by atoms with van der Waals surface area (Å²) < 4.78 is 26.0. The second-order valence-corrected chi connectivity index (χ2v) is 3.70. The Morgan fingerprint density at radius 2 is 1.95 bits per heavy atom. The van der Waals surface area contributed by atoms with Crippen molar-refractivity contribution in [1.29, 1.82) is 0 Å². The van der Waals surface area contributed by atoms with E-state index in [2.05, 4.69) is 5.32 Å². The number of H-pyrrole nitrogens is 1. The zero-order valence-electron chi connectivity index (χ0n) is 9.41. The molecule has 1 aromatic heterocycles. The summed E-state index contributed by atoms with van der Waals surface area (Å²) in [5, 5.41) is 11.3. The number of aromatic amines is 1. The number of hydrogen-bond donors (Lipinski definition) is 3. The molecule has 1 aromatic carbocycles. The van der Waals surface area contributed by atoms with Crippen LogP contribution >= 0.6 is 0 Å². The fourth-order valence-electron chi connectivity index (χ4n) is 1.45. The summed E-state index contributed by atoms with van der Waals surface area (Å²) in [7, 11) is 0. The molecule has 3 N–H and O–H groups in total. The summed E-state index contributed by atoms with van der Waals surface area (Å²) >= 11 is 0. The summed E-state index contributed by atoms with van der Waals surface area (Å²) in [6.07, 6.45) is 0. The molecule has 5 nitrogen and oxygen atoms in total. The molecular formula is C12H8F2N2O3. The molecule has 0 aliphatic heterocycles. The van der Waals surface area contributed by atoms with E-state index in [1.54, 1.807) is 0 Å². The number of aromatic nitrogens is 1. The highest BCUT2D eigenvalue weighted by molar-refractivity contribution is 6.04. The molecule has 0 radical (unpaired) electrons. The molecular weight excluding hydrogens is 258 g/mol. The number of anilines is 1. The SMILES string of the molecule is O=C(Nc1ccc(F)cc1F)c1cc(O)[nH]c(=O)c1. The Bertz CT molecular complexity index is 698. The molecule has 19 heavy (non-hydrogen) atoms. The molecule has 0 fully saturated rings. The Kier molecular flexibility index (Phi) is 3.28. The molecule has 0 saturated heterocycles. The van der Waals surface area contributed by atoms with Gasteiger partial charge < -0.3 is 10.4 Å². The van der Waals surface area contributed by atoms with Crippen molar-refractivity contribution in [2.24, 2.45) is 0 Å². The van der Waals surface area contributed by atoms with Gasteiger partial charge >= 0.3 is 0 Å². The molecule has 7 heteroatoms. The van der Waals surface area contributed by atoms with Crippen molar-refractivity contribution < 1.29 is 18.7 Å².